The molecule has 0 aliphatic heterocycles. The third-order valence-electron chi connectivity index (χ3n) is 4.60. The number of aryl methyl sites for hydroxylation is 1. The lowest BCUT2D eigenvalue weighted by atomic mass is 10.2. The quantitative estimate of drug-likeness (QED) is 0.333. The number of nitrogens with zero attached hydrogens (tertiary/aromatic N) is 2. The summed E-state index contributed by atoms with van der Waals surface area (Å²) in [6, 6.07) is 5.25. The van der Waals surface area contributed by atoms with Gasteiger partial charge in [-0.3, -0.25) is 23.5 Å². The Hall–Kier alpha value is -3.07. The molecule has 1 heterocycles. The first-order chi connectivity index (χ1) is 14.7. The molecule has 10 heteroatoms. The van der Waals surface area contributed by atoms with E-state index in [2.05, 4.69) is 0 Å². The molecule has 0 fully saturated rings. The zero-order valence-corrected chi connectivity index (χ0v) is 18.5. The summed E-state index contributed by atoms with van der Waals surface area (Å²) >= 11 is 5.96. The van der Waals surface area contributed by atoms with E-state index in [1.54, 1.807) is 18.2 Å². The van der Waals surface area contributed by atoms with Gasteiger partial charge in [-0.2, -0.15) is 0 Å². The van der Waals surface area contributed by atoms with Gasteiger partial charge >= 0.3 is 11.7 Å². The minimum Gasteiger partial charge on any atom is -0.494 e. The lowest BCUT2D eigenvalue weighted by Crippen LogP contribution is -2.43. The first-order valence-electron chi connectivity index (χ1n) is 9.84. The van der Waals surface area contributed by atoms with Crippen molar-refractivity contribution in [1.29, 1.82) is 0 Å². The molecule has 0 amide bonds. The van der Waals surface area contributed by atoms with Gasteiger partial charge in [0.05, 0.1) is 6.61 Å². The lowest BCUT2D eigenvalue weighted by Gasteiger charge is -2.13. The summed E-state index contributed by atoms with van der Waals surface area (Å²) in [5.74, 6) is -0.952. The van der Waals surface area contributed by atoms with Gasteiger partial charge in [0.1, 0.15) is 17.1 Å². The number of aromatic nitrogens is 2. The molecule has 2 N–H and O–H groups in total. The average molecular weight is 452 g/mol. The van der Waals surface area contributed by atoms with Crippen LogP contribution >= 0.6 is 11.6 Å². The maximum atomic E-state index is 12.5. The summed E-state index contributed by atoms with van der Waals surface area (Å²) < 4.78 is 12.5. The van der Waals surface area contributed by atoms with Gasteiger partial charge in [-0.05, 0) is 43.5 Å². The molecule has 0 spiro atoms. The van der Waals surface area contributed by atoms with Gasteiger partial charge in [-0.1, -0.05) is 18.5 Å². The zero-order chi connectivity index (χ0) is 23.1. The van der Waals surface area contributed by atoms with Crippen LogP contribution in [0.3, 0.4) is 0 Å². The van der Waals surface area contributed by atoms with Gasteiger partial charge < -0.3 is 15.2 Å². The maximum absolute atomic E-state index is 12.5. The third kappa shape index (κ3) is 5.97. The van der Waals surface area contributed by atoms with Gasteiger partial charge in [0, 0.05) is 25.0 Å². The Morgan fingerprint density at radius 2 is 1.94 bits per heavy atom. The number of ether oxygens (including phenoxy) is 2. The molecule has 168 valence electrons. The van der Waals surface area contributed by atoms with Crippen molar-refractivity contribution in [3.8, 4) is 5.75 Å². The third-order valence-corrected chi connectivity index (χ3v) is 5.02. The molecular formula is C21H26ClN3O6. The normalized spacial score (nSPS) is 10.7. The number of benzene rings is 1. The van der Waals surface area contributed by atoms with E-state index in [1.165, 1.54) is 7.05 Å². The van der Waals surface area contributed by atoms with Crippen LogP contribution in [0.15, 0.2) is 27.8 Å². The number of esters is 1. The van der Waals surface area contributed by atoms with Crippen molar-refractivity contribution in [2.45, 2.75) is 39.7 Å². The molecule has 1 aromatic carbocycles. The van der Waals surface area contributed by atoms with Crippen LogP contribution in [0.4, 0.5) is 5.82 Å². The second-order valence-corrected chi connectivity index (χ2v) is 7.41. The van der Waals surface area contributed by atoms with E-state index in [1.807, 2.05) is 13.8 Å². The number of nitrogen functional groups attached to an aromatic ring is 1. The number of carbonyl (C=O) groups excluding carboxylic acids is 2. The topological polar surface area (TPSA) is 123 Å². The van der Waals surface area contributed by atoms with Crippen LogP contribution in [0.2, 0.25) is 5.02 Å². The Morgan fingerprint density at radius 1 is 1.23 bits per heavy atom. The first kappa shape index (κ1) is 24.2. The van der Waals surface area contributed by atoms with E-state index >= 15 is 0 Å². The summed E-state index contributed by atoms with van der Waals surface area (Å²) in [6.45, 7) is 3.58. The number of nitrogens with two attached hydrogens (primary N) is 1. The zero-order valence-electron chi connectivity index (χ0n) is 17.8. The smallest absolute Gasteiger partial charge is 0.332 e. The highest BCUT2D eigenvalue weighted by Crippen LogP contribution is 2.21. The summed E-state index contributed by atoms with van der Waals surface area (Å²) in [4.78, 5) is 48.9. The van der Waals surface area contributed by atoms with E-state index in [4.69, 9.17) is 26.8 Å². The van der Waals surface area contributed by atoms with Crippen LogP contribution in [0.25, 0.3) is 0 Å². The average Bonchev–Trinajstić information content (AvgIpc) is 2.74. The van der Waals surface area contributed by atoms with Crippen LogP contribution < -0.4 is 21.7 Å². The fourth-order valence-electron chi connectivity index (χ4n) is 2.89. The van der Waals surface area contributed by atoms with Crippen molar-refractivity contribution < 1.29 is 19.1 Å². The molecular weight excluding hydrogens is 426 g/mol. The van der Waals surface area contributed by atoms with Crippen LogP contribution in [-0.2, 0) is 23.1 Å². The highest BCUT2D eigenvalue weighted by molar-refractivity contribution is 6.31. The molecule has 0 aliphatic carbocycles. The van der Waals surface area contributed by atoms with Crippen molar-refractivity contribution in [1.82, 2.24) is 9.13 Å². The van der Waals surface area contributed by atoms with E-state index < -0.39 is 29.6 Å². The van der Waals surface area contributed by atoms with Crippen LogP contribution in [0.1, 0.15) is 42.1 Å². The number of rotatable bonds is 10. The van der Waals surface area contributed by atoms with Gasteiger partial charge in [-0.25, -0.2) is 4.79 Å². The number of hydrogen-bond acceptors (Lipinski definition) is 7. The second-order valence-electron chi connectivity index (χ2n) is 7.01. The molecule has 0 saturated heterocycles. The number of halogens is 1. The lowest BCUT2D eigenvalue weighted by molar-refractivity contribution is -0.142. The van der Waals surface area contributed by atoms with Crippen molar-refractivity contribution in [2.24, 2.45) is 7.05 Å². The van der Waals surface area contributed by atoms with Crippen molar-refractivity contribution in [3.63, 3.8) is 0 Å². The molecule has 0 unspecified atom stereocenters. The van der Waals surface area contributed by atoms with Gasteiger partial charge in [0.25, 0.3) is 5.56 Å². The van der Waals surface area contributed by atoms with Crippen molar-refractivity contribution >= 4 is 29.2 Å². The Labute approximate surface area is 184 Å². The summed E-state index contributed by atoms with van der Waals surface area (Å²) in [7, 11) is 1.27. The Kier molecular flexibility index (Phi) is 8.44. The molecule has 2 rings (SSSR count). The van der Waals surface area contributed by atoms with E-state index in [-0.39, 0.29) is 31.0 Å². The molecule has 2 aromatic rings. The first-order valence-corrected chi connectivity index (χ1v) is 10.2. The Bertz CT molecular complexity index is 1090. The SMILES string of the molecule is CCCn1c(N)c(C(=O)COC(=O)CCCOc2ccc(Cl)c(C)c2)c(=O)n(C)c1=O. The molecule has 0 radical (unpaired) electrons. The number of hydrogen-bond donors (Lipinski definition) is 1. The highest BCUT2D eigenvalue weighted by atomic mass is 35.5. The molecule has 9 nitrogen and oxygen atoms in total. The molecule has 0 aliphatic rings. The fraction of sp³-hybridized carbons (Fsp3) is 0.429. The van der Waals surface area contributed by atoms with Gasteiger partial charge in [-0.15, -0.1) is 0 Å². The van der Waals surface area contributed by atoms with Crippen molar-refractivity contribution in [2.75, 3.05) is 18.9 Å². The van der Waals surface area contributed by atoms with E-state index in [9.17, 15) is 19.2 Å². The number of carbonyl (C=O) groups is 2. The predicted octanol–water partition coefficient (Wildman–Crippen LogP) is 2.09. The maximum Gasteiger partial charge on any atom is 0.332 e. The molecule has 0 saturated carbocycles. The Morgan fingerprint density at radius 3 is 2.58 bits per heavy atom. The number of ketones is 1. The molecule has 1 aromatic heterocycles. The Balaban J connectivity index is 1.91. The van der Waals surface area contributed by atoms with Gasteiger partial charge in [0.15, 0.2) is 6.61 Å². The minimum atomic E-state index is -0.817. The van der Waals surface area contributed by atoms with E-state index in [0.29, 0.717) is 23.6 Å². The number of anilines is 1. The monoisotopic (exact) mass is 451 g/mol. The highest BCUT2D eigenvalue weighted by Gasteiger charge is 2.22. The second kappa shape index (κ2) is 10.8. The molecule has 0 atom stereocenters. The standard InChI is InChI=1S/C21H26ClN3O6/c1-4-9-25-19(23)18(20(28)24(3)21(25)29)16(26)12-31-17(27)6-5-10-30-14-7-8-15(22)13(2)11-14/h7-8,11H,4-6,9-10,12,23H2,1-3H3. The summed E-state index contributed by atoms with van der Waals surface area (Å²) in [6.07, 6.45) is 0.991. The molecule has 0 bridgehead atoms. The van der Waals surface area contributed by atoms with Crippen LogP contribution in [-0.4, -0.2) is 34.1 Å². The minimum absolute atomic E-state index is 0.0304. The van der Waals surface area contributed by atoms with E-state index in [0.717, 1.165) is 14.7 Å². The summed E-state index contributed by atoms with van der Waals surface area (Å²) in [5, 5.41) is 0.640. The van der Waals surface area contributed by atoms with Gasteiger partial charge in [0.2, 0.25) is 5.78 Å². The predicted molar refractivity (Wildman–Crippen MR) is 117 cm³/mol. The fourth-order valence-corrected chi connectivity index (χ4v) is 3.01. The van der Waals surface area contributed by atoms with Crippen LogP contribution in [0, 0.1) is 6.92 Å². The van der Waals surface area contributed by atoms with Crippen LogP contribution in [0.5, 0.6) is 5.75 Å². The largest absolute Gasteiger partial charge is 0.494 e. The number of Topliss-reactive ketones (excluding diaryl/α,β-unsaturated/α-hetero) is 1. The summed E-state index contributed by atoms with van der Waals surface area (Å²) in [5.41, 5.74) is 4.99. The molecule has 31 heavy (non-hydrogen) atoms. The van der Waals surface area contributed by atoms with Crippen molar-refractivity contribution in [3.05, 3.63) is 55.2 Å².